The van der Waals surface area contributed by atoms with Gasteiger partial charge in [-0.1, -0.05) is 32.0 Å². The fraction of sp³-hybridized carbons (Fsp3) is 0.450. The molecule has 0 spiro atoms. The summed E-state index contributed by atoms with van der Waals surface area (Å²) in [5.74, 6) is 0.513. The number of methoxy groups -OCH3 is 1. The van der Waals surface area contributed by atoms with Crippen LogP contribution in [0.2, 0.25) is 0 Å². The molecule has 0 unspecified atom stereocenters. The molecule has 1 saturated heterocycles. The van der Waals surface area contributed by atoms with E-state index in [1.807, 2.05) is 30.3 Å². The van der Waals surface area contributed by atoms with Crippen LogP contribution in [-0.4, -0.2) is 44.5 Å². The van der Waals surface area contributed by atoms with Crippen molar-refractivity contribution in [3.8, 4) is 0 Å². The quantitative estimate of drug-likeness (QED) is 0.779. The number of sulfonamides is 1. The topological polar surface area (TPSA) is 59.5 Å². The van der Waals surface area contributed by atoms with Gasteiger partial charge in [0.25, 0.3) is 0 Å². The van der Waals surface area contributed by atoms with Gasteiger partial charge in [0, 0.05) is 43.9 Å². The third kappa shape index (κ3) is 3.82. The number of benzene rings is 1. The molecule has 2 atom stereocenters. The number of ether oxygens (including phenoxy) is 1. The molecule has 1 fully saturated rings. The average molecular weight is 375 g/mol. The summed E-state index contributed by atoms with van der Waals surface area (Å²) in [6, 6.07) is 13.0. The smallest absolute Gasteiger partial charge is 0.243 e. The summed E-state index contributed by atoms with van der Waals surface area (Å²) in [7, 11) is -1.87. The first-order valence-electron chi connectivity index (χ1n) is 8.93. The predicted octanol–water partition coefficient (Wildman–Crippen LogP) is 3.26. The summed E-state index contributed by atoms with van der Waals surface area (Å²) in [6.45, 7) is 5.58. The third-order valence-corrected chi connectivity index (χ3v) is 6.89. The molecular weight excluding hydrogens is 348 g/mol. The second-order valence-electron chi connectivity index (χ2n) is 7.12. The summed E-state index contributed by atoms with van der Waals surface area (Å²) in [6.07, 6.45) is 1.75. The zero-order valence-electron chi connectivity index (χ0n) is 15.5. The summed E-state index contributed by atoms with van der Waals surface area (Å²) in [5, 5.41) is 0. The molecule has 0 N–H and O–H groups in total. The van der Waals surface area contributed by atoms with Crippen molar-refractivity contribution in [2.24, 2.45) is 5.92 Å². The van der Waals surface area contributed by atoms with Crippen LogP contribution in [0.4, 0.5) is 0 Å². The van der Waals surface area contributed by atoms with Gasteiger partial charge in [-0.3, -0.25) is 4.98 Å². The van der Waals surface area contributed by atoms with Crippen LogP contribution in [0, 0.1) is 5.92 Å². The molecule has 140 valence electrons. The van der Waals surface area contributed by atoms with Gasteiger partial charge in [0.2, 0.25) is 10.0 Å². The fourth-order valence-electron chi connectivity index (χ4n) is 3.52. The van der Waals surface area contributed by atoms with Gasteiger partial charge >= 0.3 is 0 Å². The van der Waals surface area contributed by atoms with Gasteiger partial charge in [0.05, 0.1) is 11.5 Å². The van der Waals surface area contributed by atoms with E-state index in [9.17, 15) is 8.42 Å². The van der Waals surface area contributed by atoms with E-state index < -0.39 is 10.0 Å². The summed E-state index contributed by atoms with van der Waals surface area (Å²) in [5.41, 5.74) is 2.05. The summed E-state index contributed by atoms with van der Waals surface area (Å²) < 4.78 is 33.1. The molecule has 0 amide bonds. The highest BCUT2D eigenvalue weighted by Gasteiger charge is 2.40. The Morgan fingerprint density at radius 2 is 1.88 bits per heavy atom. The number of rotatable bonds is 6. The Labute approximate surface area is 156 Å². The van der Waals surface area contributed by atoms with Crippen LogP contribution in [0.25, 0.3) is 0 Å². The lowest BCUT2D eigenvalue weighted by Gasteiger charge is -2.17. The van der Waals surface area contributed by atoms with Crippen LogP contribution in [0.5, 0.6) is 0 Å². The van der Waals surface area contributed by atoms with E-state index in [1.54, 1.807) is 29.7 Å². The lowest BCUT2D eigenvalue weighted by molar-refractivity contribution is 0.150. The zero-order valence-corrected chi connectivity index (χ0v) is 16.3. The van der Waals surface area contributed by atoms with Gasteiger partial charge in [-0.2, -0.15) is 4.31 Å². The maximum absolute atomic E-state index is 13.1. The van der Waals surface area contributed by atoms with Crippen molar-refractivity contribution in [2.75, 3.05) is 26.8 Å². The van der Waals surface area contributed by atoms with Crippen LogP contribution >= 0.6 is 0 Å². The number of hydrogen-bond acceptors (Lipinski definition) is 4. The average Bonchev–Trinajstić information content (AvgIpc) is 3.07. The second-order valence-corrected chi connectivity index (χ2v) is 9.06. The summed E-state index contributed by atoms with van der Waals surface area (Å²) in [4.78, 5) is 4.78. The van der Waals surface area contributed by atoms with Crippen molar-refractivity contribution in [3.05, 3.63) is 59.9 Å². The zero-order chi connectivity index (χ0) is 18.7. The minimum Gasteiger partial charge on any atom is -0.384 e. The Kier molecular flexibility index (Phi) is 5.75. The molecule has 0 aliphatic carbocycles. The minimum atomic E-state index is -3.52. The van der Waals surface area contributed by atoms with Crippen molar-refractivity contribution in [2.45, 2.75) is 30.6 Å². The standard InChI is InChI=1S/C20H26N2O3S/c1-15(2)16-7-9-18(10-8-16)26(23,24)22-12-17(14-25-3)19(13-22)20-6-4-5-11-21-20/h4-11,15,17,19H,12-14H2,1-3H3/t17-,19+/m0/s1. The lowest BCUT2D eigenvalue weighted by Crippen LogP contribution is -2.29. The van der Waals surface area contributed by atoms with Crippen molar-refractivity contribution < 1.29 is 13.2 Å². The van der Waals surface area contributed by atoms with E-state index in [4.69, 9.17) is 4.74 Å². The normalized spacial score (nSPS) is 21.4. The molecule has 3 rings (SSSR count). The van der Waals surface area contributed by atoms with E-state index >= 15 is 0 Å². The van der Waals surface area contributed by atoms with Gasteiger partial charge in [0.15, 0.2) is 0 Å². The number of aromatic nitrogens is 1. The molecule has 2 heterocycles. The van der Waals surface area contributed by atoms with Crippen molar-refractivity contribution in [1.82, 2.24) is 9.29 Å². The van der Waals surface area contributed by atoms with Crippen molar-refractivity contribution in [1.29, 1.82) is 0 Å². The van der Waals surface area contributed by atoms with Gasteiger partial charge in [-0.15, -0.1) is 0 Å². The molecule has 6 heteroatoms. The molecule has 1 aromatic heterocycles. The second kappa shape index (κ2) is 7.86. The minimum absolute atomic E-state index is 0.0425. The van der Waals surface area contributed by atoms with E-state index in [2.05, 4.69) is 18.8 Å². The maximum atomic E-state index is 13.1. The van der Waals surface area contributed by atoms with E-state index in [0.29, 0.717) is 30.5 Å². The van der Waals surface area contributed by atoms with Gasteiger partial charge in [-0.25, -0.2) is 8.42 Å². The summed E-state index contributed by atoms with van der Waals surface area (Å²) >= 11 is 0. The lowest BCUT2D eigenvalue weighted by atomic mass is 9.93. The molecule has 1 aromatic carbocycles. The molecular formula is C20H26N2O3S. The Morgan fingerprint density at radius 1 is 1.15 bits per heavy atom. The number of hydrogen-bond donors (Lipinski definition) is 0. The molecule has 5 nitrogen and oxygen atoms in total. The molecule has 0 radical (unpaired) electrons. The van der Waals surface area contributed by atoms with Crippen LogP contribution in [0.15, 0.2) is 53.6 Å². The van der Waals surface area contributed by atoms with Gasteiger partial charge in [-0.05, 0) is 35.7 Å². The van der Waals surface area contributed by atoms with E-state index in [1.165, 1.54) is 0 Å². The molecule has 0 saturated carbocycles. The number of pyridine rings is 1. The third-order valence-electron chi connectivity index (χ3n) is 5.04. The van der Waals surface area contributed by atoms with Crippen LogP contribution in [0.1, 0.15) is 36.9 Å². The molecule has 26 heavy (non-hydrogen) atoms. The Balaban J connectivity index is 1.86. The van der Waals surface area contributed by atoms with E-state index in [-0.39, 0.29) is 11.8 Å². The van der Waals surface area contributed by atoms with Crippen molar-refractivity contribution in [3.63, 3.8) is 0 Å². The van der Waals surface area contributed by atoms with Crippen LogP contribution in [-0.2, 0) is 14.8 Å². The first-order chi connectivity index (χ1) is 12.4. The monoisotopic (exact) mass is 374 g/mol. The highest BCUT2D eigenvalue weighted by Crippen LogP contribution is 2.35. The molecule has 1 aliphatic heterocycles. The first kappa shape index (κ1) is 19.0. The van der Waals surface area contributed by atoms with Crippen LogP contribution in [0.3, 0.4) is 0 Å². The fourth-order valence-corrected chi connectivity index (χ4v) is 5.04. The molecule has 1 aliphatic rings. The largest absolute Gasteiger partial charge is 0.384 e. The van der Waals surface area contributed by atoms with Crippen LogP contribution < -0.4 is 0 Å². The predicted molar refractivity (Wildman–Crippen MR) is 102 cm³/mol. The Morgan fingerprint density at radius 3 is 2.46 bits per heavy atom. The highest BCUT2D eigenvalue weighted by molar-refractivity contribution is 7.89. The first-order valence-corrected chi connectivity index (χ1v) is 10.4. The maximum Gasteiger partial charge on any atom is 0.243 e. The molecule has 0 bridgehead atoms. The molecule has 2 aromatic rings. The van der Waals surface area contributed by atoms with Crippen molar-refractivity contribution >= 4 is 10.0 Å². The number of nitrogens with zero attached hydrogens (tertiary/aromatic N) is 2. The highest BCUT2D eigenvalue weighted by atomic mass is 32.2. The Hall–Kier alpha value is -1.76. The Bertz CT molecular complexity index is 820. The van der Waals surface area contributed by atoms with Gasteiger partial charge in [0.1, 0.15) is 0 Å². The SMILES string of the molecule is COC[C@@H]1CN(S(=O)(=O)c2ccc(C(C)C)cc2)C[C@H]1c1ccccn1. The van der Waals surface area contributed by atoms with E-state index in [0.717, 1.165) is 11.3 Å². The van der Waals surface area contributed by atoms with Gasteiger partial charge < -0.3 is 4.74 Å².